The summed E-state index contributed by atoms with van der Waals surface area (Å²) in [6, 6.07) is 10.5. The lowest BCUT2D eigenvalue weighted by molar-refractivity contribution is -0.127. The molecular weight excluding hydrogens is 374 g/mol. The third-order valence-electron chi connectivity index (χ3n) is 4.27. The van der Waals surface area contributed by atoms with Crippen molar-refractivity contribution in [2.24, 2.45) is 0 Å². The molecule has 1 fully saturated rings. The second kappa shape index (κ2) is 7.98. The fraction of sp³-hybridized carbons (Fsp3) is 0.211. The van der Waals surface area contributed by atoms with Crippen LogP contribution in [-0.2, 0) is 14.8 Å². The molecule has 0 radical (unpaired) electrons. The van der Waals surface area contributed by atoms with E-state index in [9.17, 15) is 22.0 Å². The first-order chi connectivity index (χ1) is 12.9. The van der Waals surface area contributed by atoms with Gasteiger partial charge in [0.15, 0.2) is 0 Å². The van der Waals surface area contributed by atoms with Crippen LogP contribution in [0.1, 0.15) is 5.56 Å². The number of piperazine rings is 1. The predicted octanol–water partition coefficient (Wildman–Crippen LogP) is 2.51. The van der Waals surface area contributed by atoms with Crippen molar-refractivity contribution in [3.05, 3.63) is 71.8 Å². The van der Waals surface area contributed by atoms with Crippen molar-refractivity contribution in [1.82, 2.24) is 9.21 Å². The highest BCUT2D eigenvalue weighted by Gasteiger charge is 2.29. The largest absolute Gasteiger partial charge is 0.337 e. The summed E-state index contributed by atoms with van der Waals surface area (Å²) in [4.78, 5) is 13.8. The number of benzene rings is 2. The smallest absolute Gasteiger partial charge is 0.246 e. The average Bonchev–Trinajstić information content (AvgIpc) is 2.66. The van der Waals surface area contributed by atoms with Gasteiger partial charge in [0.25, 0.3) is 0 Å². The third kappa shape index (κ3) is 4.58. The molecule has 27 heavy (non-hydrogen) atoms. The lowest BCUT2D eigenvalue weighted by Crippen LogP contribution is -2.50. The highest BCUT2D eigenvalue weighted by molar-refractivity contribution is 7.89. The molecule has 2 aromatic carbocycles. The molecule has 0 N–H and O–H groups in total. The molecule has 1 heterocycles. The van der Waals surface area contributed by atoms with Crippen molar-refractivity contribution in [1.29, 1.82) is 0 Å². The Hall–Kier alpha value is -2.58. The first-order valence-electron chi connectivity index (χ1n) is 8.34. The summed E-state index contributed by atoms with van der Waals surface area (Å²) in [5, 5.41) is 0. The Bertz CT molecular complexity index is 951. The highest BCUT2D eigenvalue weighted by Crippen LogP contribution is 2.18. The van der Waals surface area contributed by atoms with E-state index in [1.54, 1.807) is 12.1 Å². The number of amides is 1. The molecule has 2 aromatic rings. The van der Waals surface area contributed by atoms with Crippen molar-refractivity contribution < 1.29 is 22.0 Å². The van der Waals surface area contributed by atoms with Gasteiger partial charge < -0.3 is 4.90 Å². The lowest BCUT2D eigenvalue weighted by Gasteiger charge is -2.33. The second-order valence-electron chi connectivity index (χ2n) is 6.07. The van der Waals surface area contributed by atoms with E-state index in [4.69, 9.17) is 0 Å². The Morgan fingerprint density at radius 2 is 1.59 bits per heavy atom. The van der Waals surface area contributed by atoms with E-state index in [1.165, 1.54) is 45.6 Å². The van der Waals surface area contributed by atoms with Gasteiger partial charge in [-0.1, -0.05) is 12.1 Å². The van der Waals surface area contributed by atoms with E-state index in [0.717, 1.165) is 12.1 Å². The van der Waals surface area contributed by atoms with Crippen LogP contribution >= 0.6 is 0 Å². The molecule has 0 aliphatic carbocycles. The molecule has 1 amide bonds. The number of sulfonamides is 1. The summed E-state index contributed by atoms with van der Waals surface area (Å²) in [5.41, 5.74) is 0.570. The minimum Gasteiger partial charge on any atom is -0.337 e. The van der Waals surface area contributed by atoms with Crippen molar-refractivity contribution >= 4 is 22.0 Å². The molecule has 142 valence electrons. The molecule has 5 nitrogen and oxygen atoms in total. The zero-order valence-corrected chi connectivity index (χ0v) is 15.2. The van der Waals surface area contributed by atoms with Gasteiger partial charge in [-0.2, -0.15) is 4.31 Å². The van der Waals surface area contributed by atoms with Crippen molar-refractivity contribution in [2.45, 2.75) is 4.90 Å². The standard InChI is InChI=1S/C19H18F2N2O3S/c20-16-5-7-18(8-6-16)27(25,26)23-12-10-22(11-13-23)19(24)9-4-15-2-1-3-17(21)14-15/h1-9,14H,10-13H2. The highest BCUT2D eigenvalue weighted by atomic mass is 32.2. The van der Waals surface area contributed by atoms with E-state index < -0.39 is 15.8 Å². The Labute approximate surface area is 156 Å². The number of halogens is 2. The molecule has 0 bridgehead atoms. The first kappa shape index (κ1) is 19.2. The molecule has 8 heteroatoms. The average molecular weight is 392 g/mol. The van der Waals surface area contributed by atoms with Gasteiger partial charge in [0.05, 0.1) is 4.90 Å². The quantitative estimate of drug-likeness (QED) is 0.752. The van der Waals surface area contributed by atoms with E-state index in [-0.39, 0.29) is 42.8 Å². The Morgan fingerprint density at radius 3 is 2.22 bits per heavy atom. The van der Waals surface area contributed by atoms with E-state index in [2.05, 4.69) is 0 Å². The SMILES string of the molecule is O=C(C=Cc1cccc(F)c1)N1CCN(S(=O)(=O)c2ccc(F)cc2)CC1. The lowest BCUT2D eigenvalue weighted by atomic mass is 10.2. The molecule has 1 aliphatic heterocycles. The number of hydrogen-bond acceptors (Lipinski definition) is 3. The number of carbonyl (C=O) groups excluding carboxylic acids is 1. The minimum absolute atomic E-state index is 0.0228. The summed E-state index contributed by atoms with van der Waals surface area (Å²) in [6.07, 6.45) is 2.87. The molecule has 0 unspecified atom stereocenters. The van der Waals surface area contributed by atoms with E-state index in [0.29, 0.717) is 5.56 Å². The number of hydrogen-bond donors (Lipinski definition) is 0. The Balaban J connectivity index is 1.61. The molecule has 1 aliphatic rings. The monoisotopic (exact) mass is 392 g/mol. The molecule has 0 spiro atoms. The van der Waals surface area contributed by atoms with Gasteiger partial charge in [0.1, 0.15) is 11.6 Å². The Morgan fingerprint density at radius 1 is 0.926 bits per heavy atom. The van der Waals surface area contributed by atoms with Crippen LogP contribution in [0.5, 0.6) is 0 Å². The van der Waals surface area contributed by atoms with Gasteiger partial charge in [-0.25, -0.2) is 17.2 Å². The number of carbonyl (C=O) groups is 1. The first-order valence-corrected chi connectivity index (χ1v) is 9.78. The summed E-state index contributed by atoms with van der Waals surface area (Å²) in [5.74, 6) is -1.16. The van der Waals surface area contributed by atoms with E-state index in [1.807, 2.05) is 0 Å². The van der Waals surface area contributed by atoms with E-state index >= 15 is 0 Å². The van der Waals surface area contributed by atoms with Gasteiger partial charge in [0, 0.05) is 32.3 Å². The van der Waals surface area contributed by atoms with Gasteiger partial charge in [-0.15, -0.1) is 0 Å². The second-order valence-corrected chi connectivity index (χ2v) is 8.01. The zero-order valence-electron chi connectivity index (χ0n) is 14.4. The van der Waals surface area contributed by atoms with Crippen molar-refractivity contribution in [3.63, 3.8) is 0 Å². The zero-order chi connectivity index (χ0) is 19.4. The third-order valence-corrected chi connectivity index (χ3v) is 6.18. The van der Waals surface area contributed by atoms with Crippen LogP contribution < -0.4 is 0 Å². The van der Waals surface area contributed by atoms with Crippen LogP contribution in [0.2, 0.25) is 0 Å². The van der Waals surface area contributed by atoms with Crippen LogP contribution in [0.4, 0.5) is 8.78 Å². The van der Waals surface area contributed by atoms with Crippen LogP contribution in [0, 0.1) is 11.6 Å². The fourth-order valence-corrected chi connectivity index (χ4v) is 4.21. The van der Waals surface area contributed by atoms with Gasteiger partial charge in [-0.3, -0.25) is 4.79 Å². The normalized spacial score (nSPS) is 16.0. The summed E-state index contributed by atoms with van der Waals surface area (Å²) in [7, 11) is -3.72. The number of rotatable bonds is 4. The van der Waals surface area contributed by atoms with Crippen LogP contribution in [-0.4, -0.2) is 49.7 Å². The minimum atomic E-state index is -3.72. The maximum absolute atomic E-state index is 13.2. The van der Waals surface area contributed by atoms with Crippen LogP contribution in [0.3, 0.4) is 0 Å². The van der Waals surface area contributed by atoms with Crippen molar-refractivity contribution in [3.8, 4) is 0 Å². The van der Waals surface area contributed by atoms with Gasteiger partial charge >= 0.3 is 0 Å². The molecule has 1 saturated heterocycles. The maximum atomic E-state index is 13.2. The molecule has 3 rings (SSSR count). The van der Waals surface area contributed by atoms with Gasteiger partial charge in [0.2, 0.25) is 15.9 Å². The van der Waals surface area contributed by atoms with Crippen molar-refractivity contribution in [2.75, 3.05) is 26.2 Å². The summed E-state index contributed by atoms with van der Waals surface area (Å²) in [6.45, 7) is 0.790. The van der Waals surface area contributed by atoms with Gasteiger partial charge in [-0.05, 0) is 48.0 Å². The Kier molecular flexibility index (Phi) is 5.67. The van der Waals surface area contributed by atoms with Crippen LogP contribution in [0.15, 0.2) is 59.5 Å². The molecule has 0 atom stereocenters. The topological polar surface area (TPSA) is 57.7 Å². The molecule has 0 saturated carbocycles. The maximum Gasteiger partial charge on any atom is 0.246 e. The molecular formula is C19H18F2N2O3S. The number of nitrogens with zero attached hydrogens (tertiary/aromatic N) is 2. The predicted molar refractivity (Wildman–Crippen MR) is 97.2 cm³/mol. The van der Waals surface area contributed by atoms with Crippen LogP contribution in [0.25, 0.3) is 6.08 Å². The molecule has 0 aromatic heterocycles. The summed E-state index contributed by atoms with van der Waals surface area (Å²) >= 11 is 0. The summed E-state index contributed by atoms with van der Waals surface area (Å²) < 4.78 is 52.6. The fourth-order valence-electron chi connectivity index (χ4n) is 2.79.